The van der Waals surface area contributed by atoms with Gasteiger partial charge >= 0.3 is 5.97 Å². The molecule has 4 aliphatic rings. The Labute approximate surface area is 172 Å². The summed E-state index contributed by atoms with van der Waals surface area (Å²) < 4.78 is 5.67. The fraction of sp³-hybridized carbons (Fsp3) is 0.739. The molecule has 4 aliphatic carbocycles. The smallest absolute Gasteiger partial charge is 0.326 e. The van der Waals surface area contributed by atoms with Gasteiger partial charge in [-0.2, -0.15) is 0 Å². The molecule has 0 aliphatic heterocycles. The van der Waals surface area contributed by atoms with E-state index in [1.54, 1.807) is 6.92 Å². The molecule has 0 heterocycles. The van der Waals surface area contributed by atoms with Crippen LogP contribution in [-0.2, 0) is 14.3 Å². The first-order chi connectivity index (χ1) is 13.2. The quantitative estimate of drug-likeness (QED) is 0.557. The van der Waals surface area contributed by atoms with Crippen LogP contribution in [0.2, 0.25) is 0 Å². The van der Waals surface area contributed by atoms with E-state index in [1.807, 2.05) is 0 Å². The number of alkyl halides is 1. The van der Waals surface area contributed by atoms with Gasteiger partial charge < -0.3 is 9.84 Å². The topological polar surface area (TPSA) is 63.6 Å². The van der Waals surface area contributed by atoms with Gasteiger partial charge in [-0.15, -0.1) is 11.6 Å². The lowest BCUT2D eigenvalue weighted by atomic mass is 9.47. The van der Waals surface area contributed by atoms with E-state index < -0.39 is 17.5 Å². The van der Waals surface area contributed by atoms with Crippen LogP contribution in [0.25, 0.3) is 0 Å². The zero-order chi connectivity index (χ0) is 20.3. The Hall–Kier alpha value is -1.13. The Kier molecular flexibility index (Phi) is 5.03. The molecule has 5 heteroatoms. The zero-order valence-electron chi connectivity index (χ0n) is 17.0. The number of halogens is 1. The highest BCUT2D eigenvalue weighted by molar-refractivity contribution is 6.26. The van der Waals surface area contributed by atoms with Crippen LogP contribution in [0, 0.1) is 34.5 Å². The van der Waals surface area contributed by atoms with Crippen molar-refractivity contribution in [2.24, 2.45) is 34.5 Å². The molecule has 4 rings (SSSR count). The van der Waals surface area contributed by atoms with Crippen LogP contribution < -0.4 is 0 Å². The van der Waals surface area contributed by atoms with E-state index in [0.29, 0.717) is 23.4 Å². The van der Waals surface area contributed by atoms with Crippen molar-refractivity contribution in [3.63, 3.8) is 0 Å². The third kappa shape index (κ3) is 2.74. The number of carbonyl (C=O) groups excluding carboxylic acids is 2. The molecule has 2 saturated carbocycles. The van der Waals surface area contributed by atoms with Crippen LogP contribution in [0.15, 0.2) is 23.5 Å². The Bertz CT molecular complexity index is 756. The average molecular weight is 407 g/mol. The zero-order valence-corrected chi connectivity index (χ0v) is 17.8. The summed E-state index contributed by atoms with van der Waals surface area (Å²) in [5.74, 6) is 1.23. The number of esters is 1. The molecule has 1 unspecified atom stereocenters. The molecule has 7 atom stereocenters. The second kappa shape index (κ2) is 6.98. The Morgan fingerprint density at radius 1 is 1.21 bits per heavy atom. The number of aliphatic hydroxyl groups excluding tert-OH is 1. The van der Waals surface area contributed by atoms with Gasteiger partial charge in [0.05, 0.1) is 6.10 Å². The number of hydrogen-bond donors (Lipinski definition) is 1. The number of allylic oxidation sites excluding steroid dienone is 3. The minimum absolute atomic E-state index is 0.0116. The molecule has 154 valence electrons. The standard InChI is InChI=1S/C23H31ClO4/c1-13(25)15-7-8-16-14-11-19(28-21(27)12-24)18-5-4-6-20(26)23(18,3)17(14)9-10-22(15,16)2/h5,11,14-17,20,26H,4,6-10,12H2,1-3H3/t14-,15+,16-,17-,20?,22+,23+/m0/s1. The van der Waals surface area contributed by atoms with Crippen molar-refractivity contribution in [3.8, 4) is 0 Å². The number of aliphatic hydroxyl groups is 1. The van der Waals surface area contributed by atoms with E-state index in [4.69, 9.17) is 16.3 Å². The van der Waals surface area contributed by atoms with Gasteiger partial charge in [0.1, 0.15) is 17.4 Å². The number of hydrogen-bond acceptors (Lipinski definition) is 4. The normalized spacial score (nSPS) is 44.5. The monoisotopic (exact) mass is 406 g/mol. The molecule has 1 N–H and O–H groups in total. The van der Waals surface area contributed by atoms with Crippen molar-refractivity contribution in [2.45, 2.75) is 65.4 Å². The molecule has 2 fully saturated rings. The van der Waals surface area contributed by atoms with Crippen LogP contribution in [0.4, 0.5) is 0 Å². The van der Waals surface area contributed by atoms with E-state index in [1.165, 1.54) is 0 Å². The number of rotatable bonds is 3. The second-order valence-electron chi connectivity index (χ2n) is 9.71. The summed E-state index contributed by atoms with van der Waals surface area (Å²) in [7, 11) is 0. The third-order valence-electron chi connectivity index (χ3n) is 8.60. The van der Waals surface area contributed by atoms with E-state index in [2.05, 4.69) is 26.0 Å². The third-order valence-corrected chi connectivity index (χ3v) is 8.82. The van der Waals surface area contributed by atoms with Crippen LogP contribution >= 0.6 is 11.6 Å². The van der Waals surface area contributed by atoms with Gasteiger partial charge in [0.15, 0.2) is 0 Å². The van der Waals surface area contributed by atoms with Crippen LogP contribution in [0.3, 0.4) is 0 Å². The molecular formula is C23H31ClO4. The Morgan fingerprint density at radius 3 is 2.64 bits per heavy atom. The predicted octanol–water partition coefficient (Wildman–Crippen LogP) is 4.40. The molecule has 0 amide bonds. The number of ketones is 1. The summed E-state index contributed by atoms with van der Waals surface area (Å²) in [6, 6.07) is 0. The van der Waals surface area contributed by atoms with Crippen molar-refractivity contribution in [1.29, 1.82) is 0 Å². The van der Waals surface area contributed by atoms with Gasteiger partial charge in [-0.1, -0.05) is 19.9 Å². The Morgan fingerprint density at radius 2 is 1.96 bits per heavy atom. The Balaban J connectivity index is 1.79. The number of fused-ring (bicyclic) bond motifs is 5. The molecule has 0 aromatic heterocycles. The fourth-order valence-electron chi connectivity index (χ4n) is 7.20. The van der Waals surface area contributed by atoms with E-state index in [9.17, 15) is 14.7 Å². The lowest BCUT2D eigenvalue weighted by molar-refractivity contribution is -0.137. The maximum Gasteiger partial charge on any atom is 0.326 e. The summed E-state index contributed by atoms with van der Waals surface area (Å²) >= 11 is 5.70. The van der Waals surface area contributed by atoms with Gasteiger partial charge in [-0.3, -0.25) is 9.59 Å². The lowest BCUT2D eigenvalue weighted by Gasteiger charge is -2.57. The molecule has 0 saturated heterocycles. The first-order valence-corrected chi connectivity index (χ1v) is 11.1. The number of Topliss-reactive ketones (excluding diaryl/α,β-unsaturated/α-hetero) is 1. The summed E-state index contributed by atoms with van der Waals surface area (Å²) in [5.41, 5.74) is 0.535. The summed E-state index contributed by atoms with van der Waals surface area (Å²) in [4.78, 5) is 24.3. The van der Waals surface area contributed by atoms with Crippen molar-refractivity contribution >= 4 is 23.4 Å². The van der Waals surface area contributed by atoms with Crippen LogP contribution in [-0.4, -0.2) is 28.8 Å². The second-order valence-corrected chi connectivity index (χ2v) is 9.97. The maximum atomic E-state index is 12.3. The minimum atomic E-state index is -0.457. The molecular weight excluding hydrogens is 376 g/mol. The van der Waals surface area contributed by atoms with Crippen LogP contribution in [0.5, 0.6) is 0 Å². The SMILES string of the molecule is CC(=O)[C@H]1CC[C@H]2[C@@H]3C=C(OC(=O)CCl)C4=CCCC(O)[C@]4(C)[C@H]3CC[C@]12C. The van der Waals surface area contributed by atoms with Crippen molar-refractivity contribution < 1.29 is 19.4 Å². The van der Waals surface area contributed by atoms with E-state index >= 15 is 0 Å². The number of carbonyl (C=O) groups is 2. The maximum absolute atomic E-state index is 12.3. The summed E-state index contributed by atoms with van der Waals surface area (Å²) in [6.07, 6.45) is 9.29. The van der Waals surface area contributed by atoms with E-state index in [0.717, 1.165) is 44.1 Å². The molecule has 0 radical (unpaired) electrons. The largest absolute Gasteiger partial charge is 0.426 e. The highest BCUT2D eigenvalue weighted by Gasteiger charge is 2.61. The fourth-order valence-corrected chi connectivity index (χ4v) is 7.25. The molecule has 0 spiro atoms. The first kappa shape index (κ1) is 20.2. The summed E-state index contributed by atoms with van der Waals surface area (Å²) in [5, 5.41) is 11.1. The van der Waals surface area contributed by atoms with Crippen molar-refractivity contribution in [3.05, 3.63) is 23.5 Å². The van der Waals surface area contributed by atoms with Gasteiger partial charge in [-0.25, -0.2) is 0 Å². The predicted molar refractivity (Wildman–Crippen MR) is 108 cm³/mol. The lowest BCUT2D eigenvalue weighted by Crippen LogP contribution is -2.54. The molecule has 0 aromatic carbocycles. The number of ether oxygens (including phenoxy) is 1. The highest BCUT2D eigenvalue weighted by atomic mass is 35.5. The van der Waals surface area contributed by atoms with Crippen molar-refractivity contribution in [2.75, 3.05) is 5.88 Å². The molecule has 28 heavy (non-hydrogen) atoms. The minimum Gasteiger partial charge on any atom is -0.426 e. The first-order valence-electron chi connectivity index (χ1n) is 10.6. The van der Waals surface area contributed by atoms with Gasteiger partial charge in [0.25, 0.3) is 0 Å². The average Bonchev–Trinajstić information content (AvgIpc) is 3.01. The molecule has 4 nitrogen and oxygen atoms in total. The highest BCUT2D eigenvalue weighted by Crippen LogP contribution is 2.66. The van der Waals surface area contributed by atoms with Crippen LogP contribution in [0.1, 0.15) is 59.3 Å². The van der Waals surface area contributed by atoms with Gasteiger partial charge in [0.2, 0.25) is 0 Å². The molecule has 0 bridgehead atoms. The van der Waals surface area contributed by atoms with Gasteiger partial charge in [0, 0.05) is 11.3 Å². The molecule has 0 aromatic rings. The van der Waals surface area contributed by atoms with Gasteiger partial charge in [-0.05, 0) is 80.3 Å². The summed E-state index contributed by atoms with van der Waals surface area (Å²) in [6.45, 7) is 6.14. The van der Waals surface area contributed by atoms with E-state index in [-0.39, 0.29) is 23.1 Å². The van der Waals surface area contributed by atoms with Crippen molar-refractivity contribution in [1.82, 2.24) is 0 Å².